The van der Waals surface area contributed by atoms with Crippen LogP contribution >= 0.6 is 0 Å². The first kappa shape index (κ1) is 17.8. The van der Waals surface area contributed by atoms with E-state index in [2.05, 4.69) is 15.3 Å². The highest BCUT2D eigenvalue weighted by Gasteiger charge is 2.25. The molecule has 0 bridgehead atoms. The molecule has 1 fully saturated rings. The molecule has 2 aromatic carbocycles. The Morgan fingerprint density at radius 3 is 2.46 bits per heavy atom. The second kappa shape index (κ2) is 7.59. The van der Waals surface area contributed by atoms with Gasteiger partial charge in [0.2, 0.25) is 0 Å². The largest absolute Gasteiger partial charge is 0.497 e. The fourth-order valence-electron chi connectivity index (χ4n) is 3.24. The number of urea groups is 1. The molecular formula is C20H21N5O3. The van der Waals surface area contributed by atoms with Crippen molar-refractivity contribution in [3.8, 4) is 5.75 Å². The Kier molecular flexibility index (Phi) is 4.84. The summed E-state index contributed by atoms with van der Waals surface area (Å²) in [4.78, 5) is 35.9. The van der Waals surface area contributed by atoms with Gasteiger partial charge in [-0.2, -0.15) is 0 Å². The third-order valence-electron chi connectivity index (χ3n) is 4.86. The number of fused-ring (bicyclic) bond motifs is 1. The molecular weight excluding hydrogens is 358 g/mol. The molecule has 1 aromatic heterocycles. The van der Waals surface area contributed by atoms with Gasteiger partial charge >= 0.3 is 6.03 Å². The van der Waals surface area contributed by atoms with Gasteiger partial charge in [-0.3, -0.25) is 4.79 Å². The molecule has 8 heteroatoms. The van der Waals surface area contributed by atoms with Crippen molar-refractivity contribution in [3.63, 3.8) is 0 Å². The van der Waals surface area contributed by atoms with Crippen molar-refractivity contribution in [2.24, 2.45) is 0 Å². The molecule has 1 aliphatic rings. The van der Waals surface area contributed by atoms with Crippen LogP contribution in [0.15, 0.2) is 48.8 Å². The standard InChI is InChI=1S/C20H21N5O3/c1-28-16-5-3-15(4-6-16)23-20(27)25-10-8-24(9-11-25)19(26)14-2-7-17-18(12-14)22-13-21-17/h2-7,12-13H,8-11H2,1H3,(H,21,22)(H,23,27). The number of imidazole rings is 1. The summed E-state index contributed by atoms with van der Waals surface area (Å²) < 4.78 is 5.11. The lowest BCUT2D eigenvalue weighted by molar-refractivity contribution is 0.0672. The van der Waals surface area contributed by atoms with Crippen molar-refractivity contribution in [2.75, 3.05) is 38.6 Å². The minimum absolute atomic E-state index is 0.0355. The molecule has 1 saturated heterocycles. The molecule has 2 N–H and O–H groups in total. The summed E-state index contributed by atoms with van der Waals surface area (Å²) in [7, 11) is 1.60. The molecule has 0 unspecified atom stereocenters. The molecule has 0 spiro atoms. The number of methoxy groups -OCH3 is 1. The van der Waals surface area contributed by atoms with Crippen LogP contribution in [0.4, 0.5) is 10.5 Å². The van der Waals surface area contributed by atoms with E-state index in [0.717, 1.165) is 16.8 Å². The Labute approximate surface area is 162 Å². The van der Waals surface area contributed by atoms with Crippen molar-refractivity contribution in [1.82, 2.24) is 19.8 Å². The van der Waals surface area contributed by atoms with Crippen LogP contribution in [0.5, 0.6) is 5.75 Å². The molecule has 0 radical (unpaired) electrons. The van der Waals surface area contributed by atoms with Crippen LogP contribution in [-0.2, 0) is 0 Å². The third kappa shape index (κ3) is 3.62. The zero-order valence-corrected chi connectivity index (χ0v) is 15.5. The van der Waals surface area contributed by atoms with E-state index in [-0.39, 0.29) is 11.9 Å². The smallest absolute Gasteiger partial charge is 0.321 e. The fraction of sp³-hybridized carbons (Fsp3) is 0.250. The van der Waals surface area contributed by atoms with Gasteiger partial charge in [0.05, 0.1) is 24.5 Å². The molecule has 0 saturated carbocycles. The lowest BCUT2D eigenvalue weighted by atomic mass is 10.1. The van der Waals surface area contributed by atoms with Gasteiger partial charge in [-0.25, -0.2) is 9.78 Å². The predicted octanol–water partition coefficient (Wildman–Crippen LogP) is 2.56. The second-order valence-corrected chi connectivity index (χ2v) is 6.57. The molecule has 144 valence electrons. The van der Waals surface area contributed by atoms with Gasteiger partial charge in [0.15, 0.2) is 0 Å². The van der Waals surface area contributed by atoms with Crippen LogP contribution in [0.3, 0.4) is 0 Å². The van der Waals surface area contributed by atoms with E-state index in [1.165, 1.54) is 0 Å². The van der Waals surface area contributed by atoms with E-state index in [4.69, 9.17) is 4.74 Å². The van der Waals surface area contributed by atoms with Crippen LogP contribution < -0.4 is 10.1 Å². The highest BCUT2D eigenvalue weighted by Crippen LogP contribution is 2.17. The van der Waals surface area contributed by atoms with Crippen molar-refractivity contribution in [2.45, 2.75) is 0 Å². The van der Waals surface area contributed by atoms with Crippen LogP contribution in [-0.4, -0.2) is 65.0 Å². The zero-order valence-electron chi connectivity index (χ0n) is 15.5. The summed E-state index contributed by atoms with van der Waals surface area (Å²) in [5.41, 5.74) is 2.99. The summed E-state index contributed by atoms with van der Waals surface area (Å²) in [6.45, 7) is 1.96. The maximum absolute atomic E-state index is 12.8. The van der Waals surface area contributed by atoms with Crippen molar-refractivity contribution in [1.29, 1.82) is 0 Å². The lowest BCUT2D eigenvalue weighted by Gasteiger charge is -2.34. The molecule has 28 heavy (non-hydrogen) atoms. The van der Waals surface area contributed by atoms with Gasteiger partial charge in [-0.1, -0.05) is 0 Å². The molecule has 3 amide bonds. The number of aromatic amines is 1. The van der Waals surface area contributed by atoms with E-state index >= 15 is 0 Å². The number of nitrogens with one attached hydrogen (secondary N) is 2. The van der Waals surface area contributed by atoms with Crippen LogP contribution in [0.2, 0.25) is 0 Å². The summed E-state index contributed by atoms with van der Waals surface area (Å²) in [6, 6.07) is 12.4. The number of carbonyl (C=O) groups is 2. The molecule has 2 heterocycles. The number of hydrogen-bond acceptors (Lipinski definition) is 4. The Balaban J connectivity index is 1.34. The number of benzene rings is 2. The Morgan fingerprint density at radius 2 is 1.75 bits per heavy atom. The molecule has 8 nitrogen and oxygen atoms in total. The minimum Gasteiger partial charge on any atom is -0.497 e. The van der Waals surface area contributed by atoms with Gasteiger partial charge < -0.3 is 24.8 Å². The molecule has 0 atom stereocenters. The number of H-pyrrole nitrogens is 1. The molecule has 1 aliphatic heterocycles. The van der Waals surface area contributed by atoms with Gasteiger partial charge in [0.25, 0.3) is 5.91 Å². The number of nitrogens with zero attached hydrogens (tertiary/aromatic N) is 3. The fourth-order valence-corrected chi connectivity index (χ4v) is 3.24. The summed E-state index contributed by atoms with van der Waals surface area (Å²) in [6.07, 6.45) is 1.61. The van der Waals surface area contributed by atoms with Gasteiger partial charge in [0.1, 0.15) is 5.75 Å². The molecule has 0 aliphatic carbocycles. The quantitative estimate of drug-likeness (QED) is 0.732. The number of ether oxygens (including phenoxy) is 1. The van der Waals surface area contributed by atoms with Crippen molar-refractivity contribution in [3.05, 3.63) is 54.4 Å². The monoisotopic (exact) mass is 379 g/mol. The average Bonchev–Trinajstić information content (AvgIpc) is 3.22. The van der Waals surface area contributed by atoms with Crippen LogP contribution in [0, 0.1) is 0 Å². The Hall–Kier alpha value is -3.55. The van der Waals surface area contributed by atoms with Crippen LogP contribution in [0.1, 0.15) is 10.4 Å². The summed E-state index contributed by atoms with van der Waals surface area (Å²) >= 11 is 0. The van der Waals surface area contributed by atoms with E-state index in [1.54, 1.807) is 53.6 Å². The number of hydrogen-bond donors (Lipinski definition) is 2. The van der Waals surface area contributed by atoms with E-state index < -0.39 is 0 Å². The SMILES string of the molecule is COc1ccc(NC(=O)N2CCN(C(=O)c3ccc4nc[nH]c4c3)CC2)cc1. The average molecular weight is 379 g/mol. The normalized spacial score (nSPS) is 14.2. The number of piperazine rings is 1. The molecule has 3 aromatic rings. The molecule has 4 rings (SSSR count). The Morgan fingerprint density at radius 1 is 1.04 bits per heavy atom. The number of aromatic nitrogens is 2. The van der Waals surface area contributed by atoms with Gasteiger partial charge in [0, 0.05) is 37.4 Å². The number of rotatable bonds is 3. The van der Waals surface area contributed by atoms with E-state index in [9.17, 15) is 9.59 Å². The van der Waals surface area contributed by atoms with Crippen molar-refractivity contribution >= 4 is 28.7 Å². The van der Waals surface area contributed by atoms with Crippen molar-refractivity contribution < 1.29 is 14.3 Å². The maximum Gasteiger partial charge on any atom is 0.321 e. The number of anilines is 1. The predicted molar refractivity (Wildman–Crippen MR) is 106 cm³/mol. The first-order valence-electron chi connectivity index (χ1n) is 9.06. The highest BCUT2D eigenvalue weighted by atomic mass is 16.5. The zero-order chi connectivity index (χ0) is 19.5. The first-order chi connectivity index (χ1) is 13.6. The Bertz CT molecular complexity index is 991. The lowest BCUT2D eigenvalue weighted by Crippen LogP contribution is -2.51. The summed E-state index contributed by atoms with van der Waals surface area (Å²) in [5, 5.41) is 2.87. The minimum atomic E-state index is -0.170. The van der Waals surface area contributed by atoms with E-state index in [0.29, 0.717) is 37.4 Å². The summed E-state index contributed by atoms with van der Waals surface area (Å²) in [5.74, 6) is 0.699. The number of amides is 3. The first-order valence-corrected chi connectivity index (χ1v) is 9.06. The van der Waals surface area contributed by atoms with Crippen LogP contribution in [0.25, 0.3) is 11.0 Å². The van der Waals surface area contributed by atoms with Gasteiger partial charge in [-0.15, -0.1) is 0 Å². The third-order valence-corrected chi connectivity index (χ3v) is 4.86. The second-order valence-electron chi connectivity index (χ2n) is 6.57. The van der Waals surface area contributed by atoms with Gasteiger partial charge in [-0.05, 0) is 42.5 Å². The van der Waals surface area contributed by atoms with E-state index in [1.807, 2.05) is 12.1 Å². The highest BCUT2D eigenvalue weighted by molar-refractivity contribution is 5.97. The number of carbonyl (C=O) groups excluding carboxylic acids is 2. The maximum atomic E-state index is 12.8. The topological polar surface area (TPSA) is 90.6 Å².